The largest absolute Gasteiger partial charge is 0.456 e. The van der Waals surface area contributed by atoms with Crippen LogP contribution >= 0.6 is 11.3 Å². The number of aryl methyl sites for hydroxylation is 2. The Kier molecular flexibility index (Phi) is 4.20. The zero-order chi connectivity index (χ0) is 18.3. The van der Waals surface area contributed by atoms with Gasteiger partial charge in [0.2, 0.25) is 0 Å². The highest BCUT2D eigenvalue weighted by Crippen LogP contribution is 2.28. The van der Waals surface area contributed by atoms with Crippen LogP contribution in [0.2, 0.25) is 0 Å². The van der Waals surface area contributed by atoms with Crippen LogP contribution in [0.5, 0.6) is 0 Å². The second-order valence-corrected chi connectivity index (χ2v) is 7.25. The molecule has 0 fully saturated rings. The van der Waals surface area contributed by atoms with Gasteiger partial charge in [-0.15, -0.1) is 11.3 Å². The molecular weight excluding hydrogens is 357 g/mol. The molecule has 1 aromatic carbocycles. The average molecular weight is 373 g/mol. The van der Waals surface area contributed by atoms with Gasteiger partial charge in [0.05, 0.1) is 11.3 Å². The topological polar surface area (TPSA) is 86.7 Å². The SMILES string of the molecule is Nc1cc(F)ccc1C(=O)OCc1cc(=O)n2c3c(sc2n1)CCCC3. The van der Waals surface area contributed by atoms with E-state index in [1.165, 1.54) is 28.3 Å². The van der Waals surface area contributed by atoms with E-state index in [-0.39, 0.29) is 23.4 Å². The molecule has 0 unspecified atom stereocenters. The molecule has 6 nitrogen and oxygen atoms in total. The number of ether oxygens (including phenoxy) is 1. The third-order valence-corrected chi connectivity index (χ3v) is 5.54. The summed E-state index contributed by atoms with van der Waals surface area (Å²) < 4.78 is 19.9. The Hall–Kier alpha value is -2.74. The Morgan fingerprint density at radius 3 is 2.92 bits per heavy atom. The highest BCUT2D eigenvalue weighted by Gasteiger charge is 2.19. The first-order valence-electron chi connectivity index (χ1n) is 8.28. The van der Waals surface area contributed by atoms with Gasteiger partial charge in [-0.3, -0.25) is 9.20 Å². The first-order valence-corrected chi connectivity index (χ1v) is 9.10. The van der Waals surface area contributed by atoms with E-state index in [1.54, 1.807) is 4.40 Å². The van der Waals surface area contributed by atoms with Crippen LogP contribution in [0.3, 0.4) is 0 Å². The lowest BCUT2D eigenvalue weighted by Gasteiger charge is -2.10. The molecule has 4 rings (SSSR count). The molecule has 1 aliphatic rings. The van der Waals surface area contributed by atoms with E-state index in [0.29, 0.717) is 10.7 Å². The normalized spacial score (nSPS) is 13.6. The number of benzene rings is 1. The minimum atomic E-state index is -0.685. The maximum absolute atomic E-state index is 13.1. The first-order chi connectivity index (χ1) is 12.5. The van der Waals surface area contributed by atoms with Gasteiger partial charge in [-0.2, -0.15) is 0 Å². The number of hydrogen-bond donors (Lipinski definition) is 1. The molecule has 8 heteroatoms. The van der Waals surface area contributed by atoms with Gasteiger partial charge < -0.3 is 10.5 Å². The first kappa shape index (κ1) is 16.7. The number of nitrogen functional groups attached to an aromatic ring is 1. The standard InChI is InChI=1S/C18H16FN3O3S/c19-10-5-6-12(13(20)7-10)17(24)25-9-11-8-16(23)22-14-3-1-2-4-15(14)26-18(22)21-11/h5-8H,1-4,9,20H2. The van der Waals surface area contributed by atoms with Gasteiger partial charge in [-0.05, 0) is 43.9 Å². The Morgan fingerprint density at radius 2 is 2.12 bits per heavy atom. The van der Waals surface area contributed by atoms with Crippen molar-refractivity contribution in [1.29, 1.82) is 0 Å². The lowest BCUT2D eigenvalue weighted by molar-refractivity contribution is 0.0469. The fraction of sp³-hybridized carbons (Fsp3) is 0.278. The maximum atomic E-state index is 13.1. The number of thiazole rings is 1. The van der Waals surface area contributed by atoms with E-state index in [0.717, 1.165) is 43.5 Å². The minimum Gasteiger partial charge on any atom is -0.456 e. The number of nitrogens with two attached hydrogens (primary N) is 1. The predicted octanol–water partition coefficient (Wildman–Crippen LogP) is 2.71. The Bertz CT molecular complexity index is 1070. The number of hydrogen-bond acceptors (Lipinski definition) is 6. The van der Waals surface area contributed by atoms with Crippen molar-refractivity contribution in [2.75, 3.05) is 5.73 Å². The molecule has 0 bridgehead atoms. The summed E-state index contributed by atoms with van der Waals surface area (Å²) in [4.78, 5) is 30.9. The van der Waals surface area contributed by atoms with Crippen molar-refractivity contribution in [3.05, 3.63) is 62.3 Å². The third-order valence-electron chi connectivity index (χ3n) is 4.40. The van der Waals surface area contributed by atoms with Crippen LogP contribution in [-0.2, 0) is 24.2 Å². The quantitative estimate of drug-likeness (QED) is 0.563. The number of nitrogens with zero attached hydrogens (tertiary/aromatic N) is 2. The monoisotopic (exact) mass is 373 g/mol. The molecule has 1 aliphatic carbocycles. The fourth-order valence-electron chi connectivity index (χ4n) is 3.15. The van der Waals surface area contributed by atoms with Gasteiger partial charge in [-0.1, -0.05) is 0 Å². The summed E-state index contributed by atoms with van der Waals surface area (Å²) in [5.74, 6) is -1.21. The molecular formula is C18H16FN3O3S. The Morgan fingerprint density at radius 1 is 1.31 bits per heavy atom. The van der Waals surface area contributed by atoms with Crippen LogP contribution in [-0.4, -0.2) is 15.4 Å². The van der Waals surface area contributed by atoms with Crippen LogP contribution in [0, 0.1) is 5.82 Å². The van der Waals surface area contributed by atoms with Crippen LogP contribution in [0.25, 0.3) is 4.96 Å². The van der Waals surface area contributed by atoms with E-state index < -0.39 is 11.8 Å². The molecule has 0 amide bonds. The van der Waals surface area contributed by atoms with Crippen molar-refractivity contribution >= 4 is 28.0 Å². The number of rotatable bonds is 3. The summed E-state index contributed by atoms with van der Waals surface area (Å²) in [5.41, 5.74) is 6.99. The summed E-state index contributed by atoms with van der Waals surface area (Å²) in [6.45, 7) is -0.149. The molecule has 0 saturated heterocycles. The van der Waals surface area contributed by atoms with Crippen LogP contribution in [0.4, 0.5) is 10.1 Å². The van der Waals surface area contributed by atoms with Crippen molar-refractivity contribution < 1.29 is 13.9 Å². The number of aromatic nitrogens is 2. The second kappa shape index (κ2) is 6.53. The van der Waals surface area contributed by atoms with Gasteiger partial charge in [0.1, 0.15) is 12.4 Å². The number of esters is 1. The summed E-state index contributed by atoms with van der Waals surface area (Å²) in [6, 6.07) is 4.85. The highest BCUT2D eigenvalue weighted by molar-refractivity contribution is 7.17. The van der Waals surface area contributed by atoms with Gasteiger partial charge in [0.25, 0.3) is 5.56 Å². The van der Waals surface area contributed by atoms with E-state index >= 15 is 0 Å². The molecule has 2 heterocycles. The predicted molar refractivity (Wildman–Crippen MR) is 95.9 cm³/mol. The maximum Gasteiger partial charge on any atom is 0.340 e. The van der Waals surface area contributed by atoms with E-state index in [4.69, 9.17) is 10.5 Å². The summed E-state index contributed by atoms with van der Waals surface area (Å²) in [5, 5.41) is 0. The zero-order valence-electron chi connectivity index (χ0n) is 13.8. The van der Waals surface area contributed by atoms with Crippen molar-refractivity contribution in [2.45, 2.75) is 32.3 Å². The van der Waals surface area contributed by atoms with Crippen molar-refractivity contribution in [1.82, 2.24) is 9.38 Å². The average Bonchev–Trinajstić information content (AvgIpc) is 2.98. The molecule has 0 saturated carbocycles. The van der Waals surface area contributed by atoms with Gasteiger partial charge in [-0.25, -0.2) is 14.2 Å². The Labute approximate surface area is 152 Å². The molecule has 134 valence electrons. The third kappa shape index (κ3) is 2.96. The molecule has 2 N–H and O–H groups in total. The minimum absolute atomic E-state index is 0.00409. The molecule has 0 spiro atoms. The molecule has 2 aromatic heterocycles. The van der Waals surface area contributed by atoms with Gasteiger partial charge in [0, 0.05) is 22.3 Å². The molecule has 0 aliphatic heterocycles. The van der Waals surface area contributed by atoms with Crippen LogP contribution in [0.15, 0.2) is 29.1 Å². The molecule has 26 heavy (non-hydrogen) atoms. The smallest absolute Gasteiger partial charge is 0.340 e. The van der Waals surface area contributed by atoms with E-state index in [9.17, 15) is 14.0 Å². The van der Waals surface area contributed by atoms with Gasteiger partial charge >= 0.3 is 5.97 Å². The number of carbonyl (C=O) groups is 1. The van der Waals surface area contributed by atoms with Crippen molar-refractivity contribution in [2.24, 2.45) is 0 Å². The molecule has 0 atom stereocenters. The highest BCUT2D eigenvalue weighted by atomic mass is 32.1. The van der Waals surface area contributed by atoms with Crippen molar-refractivity contribution in [3.63, 3.8) is 0 Å². The summed E-state index contributed by atoms with van der Waals surface area (Å²) in [7, 11) is 0. The number of anilines is 1. The molecule has 3 aromatic rings. The summed E-state index contributed by atoms with van der Waals surface area (Å²) >= 11 is 1.51. The van der Waals surface area contributed by atoms with Crippen molar-refractivity contribution in [3.8, 4) is 0 Å². The molecule has 0 radical (unpaired) electrons. The van der Waals surface area contributed by atoms with Gasteiger partial charge in [0.15, 0.2) is 4.96 Å². The number of fused-ring (bicyclic) bond motifs is 3. The second-order valence-electron chi connectivity index (χ2n) is 6.19. The van der Waals surface area contributed by atoms with E-state index in [2.05, 4.69) is 4.98 Å². The van der Waals surface area contributed by atoms with Crippen LogP contribution < -0.4 is 11.3 Å². The Balaban J connectivity index is 1.58. The van der Waals surface area contributed by atoms with Crippen LogP contribution in [0.1, 0.15) is 39.5 Å². The zero-order valence-corrected chi connectivity index (χ0v) is 14.6. The number of halogens is 1. The number of carbonyl (C=O) groups excluding carboxylic acids is 1. The fourth-order valence-corrected chi connectivity index (χ4v) is 4.38. The summed E-state index contributed by atoms with van der Waals surface area (Å²) in [6.07, 6.45) is 4.05. The lowest BCUT2D eigenvalue weighted by atomic mass is 10.0. The lowest BCUT2D eigenvalue weighted by Crippen LogP contribution is -2.18. The van der Waals surface area contributed by atoms with E-state index in [1.807, 2.05) is 0 Å².